The lowest BCUT2D eigenvalue weighted by Gasteiger charge is -2.55. The number of fused-ring (bicyclic) bond motifs is 5. The summed E-state index contributed by atoms with van der Waals surface area (Å²) >= 11 is 0. The van der Waals surface area contributed by atoms with Crippen molar-refractivity contribution in [2.45, 2.75) is 51.6 Å². The first-order chi connectivity index (χ1) is 9.96. The quantitative estimate of drug-likeness (QED) is 0.741. The summed E-state index contributed by atoms with van der Waals surface area (Å²) in [6.07, 6.45) is 8.99. The summed E-state index contributed by atoms with van der Waals surface area (Å²) in [4.78, 5) is 11.8. The first kappa shape index (κ1) is 13.6. The van der Waals surface area contributed by atoms with E-state index in [4.69, 9.17) is 4.74 Å². The molecule has 21 heavy (non-hydrogen) atoms. The van der Waals surface area contributed by atoms with E-state index in [0.29, 0.717) is 17.8 Å². The third kappa shape index (κ3) is 1.67. The highest BCUT2D eigenvalue weighted by Crippen LogP contribution is 2.61. The van der Waals surface area contributed by atoms with Gasteiger partial charge in [-0.25, -0.2) is 0 Å². The molecular formula is C18H24O3. The van der Waals surface area contributed by atoms with Crippen molar-refractivity contribution in [1.29, 1.82) is 0 Å². The predicted octanol–water partition coefficient (Wildman–Crippen LogP) is 3.56. The number of ether oxygens (including phenoxy) is 1. The maximum Gasteiger partial charge on any atom is 0.219 e. The molecule has 1 saturated heterocycles. The standard InChI is InChI=1S/C18H24O3/c1-17-8-6-15(19)16(20)14(17)4-3-11-12(17)5-9-18(2)13(11)7-10-21-18/h6,8,11-13,20H,3-5,7,9-10H2,1-2H3/t11-,12+,13+,17-,18+/m1/s1. The van der Waals surface area contributed by atoms with Gasteiger partial charge in [-0.05, 0) is 68.4 Å². The number of hydrogen-bond donors (Lipinski definition) is 1. The van der Waals surface area contributed by atoms with E-state index in [2.05, 4.69) is 19.9 Å². The van der Waals surface area contributed by atoms with Gasteiger partial charge in [0.05, 0.1) is 5.60 Å². The van der Waals surface area contributed by atoms with Crippen LogP contribution < -0.4 is 0 Å². The second kappa shape index (κ2) is 4.22. The summed E-state index contributed by atoms with van der Waals surface area (Å²) < 4.78 is 6.07. The minimum absolute atomic E-state index is 0.0226. The third-order valence-corrected chi connectivity index (χ3v) is 6.88. The zero-order valence-electron chi connectivity index (χ0n) is 12.9. The third-order valence-electron chi connectivity index (χ3n) is 6.88. The number of carbonyl (C=O) groups excluding carboxylic acids is 1. The highest BCUT2D eigenvalue weighted by atomic mass is 16.5. The van der Waals surface area contributed by atoms with E-state index in [1.807, 2.05) is 0 Å². The van der Waals surface area contributed by atoms with Crippen molar-refractivity contribution < 1.29 is 14.6 Å². The maximum atomic E-state index is 11.8. The van der Waals surface area contributed by atoms with Crippen molar-refractivity contribution in [3.63, 3.8) is 0 Å². The minimum Gasteiger partial charge on any atom is -0.504 e. The maximum absolute atomic E-state index is 11.8. The van der Waals surface area contributed by atoms with Crippen LogP contribution >= 0.6 is 0 Å². The van der Waals surface area contributed by atoms with Crippen LogP contribution in [0.1, 0.15) is 46.0 Å². The first-order valence-electron chi connectivity index (χ1n) is 8.26. The van der Waals surface area contributed by atoms with Crippen LogP contribution in [-0.4, -0.2) is 23.1 Å². The molecule has 0 bridgehead atoms. The monoisotopic (exact) mass is 288 g/mol. The van der Waals surface area contributed by atoms with Gasteiger partial charge in [0.15, 0.2) is 5.76 Å². The minimum atomic E-state index is -0.217. The summed E-state index contributed by atoms with van der Waals surface area (Å²) in [6.45, 7) is 5.40. The number of aliphatic hydroxyl groups is 1. The zero-order chi connectivity index (χ0) is 14.8. The molecule has 3 nitrogen and oxygen atoms in total. The molecule has 1 aliphatic heterocycles. The largest absolute Gasteiger partial charge is 0.504 e. The molecule has 0 unspecified atom stereocenters. The van der Waals surface area contributed by atoms with Gasteiger partial charge < -0.3 is 9.84 Å². The molecule has 1 heterocycles. The summed E-state index contributed by atoms with van der Waals surface area (Å²) in [7, 11) is 0. The van der Waals surface area contributed by atoms with Gasteiger partial charge in [-0.1, -0.05) is 13.0 Å². The van der Waals surface area contributed by atoms with Crippen molar-refractivity contribution in [2.24, 2.45) is 23.2 Å². The Morgan fingerprint density at radius 2 is 2.05 bits per heavy atom. The summed E-state index contributed by atoms with van der Waals surface area (Å²) in [5.41, 5.74) is 0.915. The predicted molar refractivity (Wildman–Crippen MR) is 79.8 cm³/mol. The fourth-order valence-corrected chi connectivity index (χ4v) is 5.72. The van der Waals surface area contributed by atoms with Gasteiger partial charge in [0.2, 0.25) is 5.78 Å². The number of hydrogen-bond acceptors (Lipinski definition) is 3. The Morgan fingerprint density at radius 1 is 1.24 bits per heavy atom. The zero-order valence-corrected chi connectivity index (χ0v) is 12.9. The Balaban J connectivity index is 1.74. The van der Waals surface area contributed by atoms with Crippen LogP contribution in [0.2, 0.25) is 0 Å². The molecule has 3 aliphatic carbocycles. The number of rotatable bonds is 0. The van der Waals surface area contributed by atoms with Gasteiger partial charge in [-0.2, -0.15) is 0 Å². The Labute approximate surface area is 126 Å². The first-order valence-corrected chi connectivity index (χ1v) is 8.26. The summed E-state index contributed by atoms with van der Waals surface area (Å²) in [6, 6.07) is 0. The number of allylic oxidation sites excluding steroid dienone is 3. The van der Waals surface area contributed by atoms with Gasteiger partial charge in [-0.15, -0.1) is 0 Å². The molecule has 0 aromatic rings. The number of ketones is 1. The van der Waals surface area contributed by atoms with Crippen LogP contribution in [0.4, 0.5) is 0 Å². The SMILES string of the molecule is C[C@]12C=CC(=O)C(O)=C1CC[C@@H]1[C@@H]2CC[C@]2(C)OCC[C@@H]12. The van der Waals surface area contributed by atoms with Crippen LogP contribution in [-0.2, 0) is 9.53 Å². The van der Waals surface area contributed by atoms with E-state index in [9.17, 15) is 9.90 Å². The van der Waals surface area contributed by atoms with Crippen molar-refractivity contribution in [2.75, 3.05) is 6.61 Å². The topological polar surface area (TPSA) is 46.5 Å². The lowest BCUT2D eigenvalue weighted by Crippen LogP contribution is -2.51. The van der Waals surface area contributed by atoms with Gasteiger partial charge in [-0.3, -0.25) is 4.79 Å². The Morgan fingerprint density at radius 3 is 2.86 bits per heavy atom. The highest BCUT2D eigenvalue weighted by Gasteiger charge is 2.57. The van der Waals surface area contributed by atoms with Crippen LogP contribution in [0, 0.1) is 23.2 Å². The normalized spacial score (nSPS) is 48.9. The molecule has 2 saturated carbocycles. The van der Waals surface area contributed by atoms with Gasteiger partial charge >= 0.3 is 0 Å². The Hall–Kier alpha value is -1.09. The molecule has 0 aromatic heterocycles. The molecule has 4 rings (SSSR count). The van der Waals surface area contributed by atoms with E-state index in [1.54, 1.807) is 6.08 Å². The Bertz CT molecular complexity index is 561. The molecule has 3 fully saturated rings. The molecule has 4 aliphatic rings. The van der Waals surface area contributed by atoms with E-state index < -0.39 is 0 Å². The number of aliphatic hydroxyl groups excluding tert-OH is 1. The van der Waals surface area contributed by atoms with Crippen molar-refractivity contribution in [3.8, 4) is 0 Å². The van der Waals surface area contributed by atoms with E-state index in [-0.39, 0.29) is 22.6 Å². The van der Waals surface area contributed by atoms with Crippen LogP contribution in [0.5, 0.6) is 0 Å². The average Bonchev–Trinajstić information content (AvgIpc) is 2.85. The van der Waals surface area contributed by atoms with Crippen LogP contribution in [0.25, 0.3) is 0 Å². The van der Waals surface area contributed by atoms with Crippen LogP contribution in [0.15, 0.2) is 23.5 Å². The van der Waals surface area contributed by atoms with Crippen LogP contribution in [0.3, 0.4) is 0 Å². The molecule has 0 radical (unpaired) electrons. The Kier molecular flexibility index (Phi) is 2.73. The average molecular weight is 288 g/mol. The van der Waals surface area contributed by atoms with Gasteiger partial charge in [0.1, 0.15) is 0 Å². The lowest BCUT2D eigenvalue weighted by atomic mass is 9.50. The second-order valence-electron chi connectivity index (χ2n) is 7.71. The van der Waals surface area contributed by atoms with Crippen molar-refractivity contribution in [1.82, 2.24) is 0 Å². The molecule has 3 heteroatoms. The molecule has 1 N–H and O–H groups in total. The molecule has 114 valence electrons. The van der Waals surface area contributed by atoms with E-state index >= 15 is 0 Å². The molecule has 0 spiro atoms. The summed E-state index contributed by atoms with van der Waals surface area (Å²) in [5, 5.41) is 10.2. The fraction of sp³-hybridized carbons (Fsp3) is 0.722. The van der Waals surface area contributed by atoms with E-state index in [0.717, 1.165) is 37.9 Å². The molecule has 0 amide bonds. The van der Waals surface area contributed by atoms with E-state index in [1.165, 1.54) is 6.42 Å². The number of carbonyl (C=O) groups is 1. The molecule has 0 aromatic carbocycles. The summed E-state index contributed by atoms with van der Waals surface area (Å²) in [5.74, 6) is 1.64. The lowest BCUT2D eigenvalue weighted by molar-refractivity contribution is -0.115. The van der Waals surface area contributed by atoms with Crippen molar-refractivity contribution >= 4 is 5.78 Å². The van der Waals surface area contributed by atoms with Gasteiger partial charge in [0.25, 0.3) is 0 Å². The van der Waals surface area contributed by atoms with Gasteiger partial charge in [0, 0.05) is 12.0 Å². The second-order valence-corrected chi connectivity index (χ2v) is 7.71. The molecule has 5 atom stereocenters. The highest BCUT2D eigenvalue weighted by molar-refractivity contribution is 6.04. The smallest absolute Gasteiger partial charge is 0.219 e. The molecular weight excluding hydrogens is 264 g/mol. The fourth-order valence-electron chi connectivity index (χ4n) is 5.72. The van der Waals surface area contributed by atoms with Crippen molar-refractivity contribution in [3.05, 3.63) is 23.5 Å².